The molecule has 2 atom stereocenters. The standard InChI is InChI=1S/C19H16N2O2S/c22-15-10-13-8-4-5-9-14(13)17(15)21-18(23)16-11-20-19(24-16)12-6-2-1-3-7-12/h1-9,11,15,17,22H,10H2,(H,21,23). The Balaban J connectivity index is 1.54. The number of rotatable bonds is 3. The molecule has 24 heavy (non-hydrogen) atoms. The largest absolute Gasteiger partial charge is 0.390 e. The minimum atomic E-state index is -0.590. The summed E-state index contributed by atoms with van der Waals surface area (Å²) in [5.41, 5.74) is 3.07. The van der Waals surface area contributed by atoms with Crippen LogP contribution in [0.3, 0.4) is 0 Å². The van der Waals surface area contributed by atoms with E-state index in [0.29, 0.717) is 11.3 Å². The second-order valence-electron chi connectivity index (χ2n) is 5.82. The molecule has 3 aromatic rings. The average molecular weight is 336 g/mol. The molecule has 120 valence electrons. The molecular formula is C19H16N2O2S. The molecule has 0 spiro atoms. The number of nitrogens with one attached hydrogen (secondary N) is 1. The molecule has 0 fully saturated rings. The minimum absolute atomic E-state index is 0.199. The van der Waals surface area contributed by atoms with E-state index in [1.807, 2.05) is 54.6 Å². The molecule has 0 bridgehead atoms. The first-order chi connectivity index (χ1) is 11.7. The van der Waals surface area contributed by atoms with Gasteiger partial charge < -0.3 is 10.4 Å². The van der Waals surface area contributed by atoms with Crippen LogP contribution in [0.25, 0.3) is 10.6 Å². The highest BCUT2D eigenvalue weighted by atomic mass is 32.1. The van der Waals surface area contributed by atoms with Crippen molar-refractivity contribution in [3.8, 4) is 10.6 Å². The lowest BCUT2D eigenvalue weighted by atomic mass is 10.1. The number of aliphatic hydroxyl groups is 1. The van der Waals surface area contributed by atoms with Crippen LogP contribution < -0.4 is 5.32 Å². The molecule has 2 unspecified atom stereocenters. The van der Waals surface area contributed by atoms with Gasteiger partial charge in [-0.3, -0.25) is 4.79 Å². The van der Waals surface area contributed by atoms with E-state index in [9.17, 15) is 9.90 Å². The van der Waals surface area contributed by atoms with Crippen LogP contribution in [-0.2, 0) is 6.42 Å². The van der Waals surface area contributed by atoms with Gasteiger partial charge in [-0.25, -0.2) is 4.98 Å². The lowest BCUT2D eigenvalue weighted by Crippen LogP contribution is -2.33. The fraction of sp³-hybridized carbons (Fsp3) is 0.158. The SMILES string of the molecule is O=C(NC1c2ccccc2CC1O)c1cnc(-c2ccccc2)s1. The van der Waals surface area contributed by atoms with Gasteiger partial charge in [-0.15, -0.1) is 11.3 Å². The summed E-state index contributed by atoms with van der Waals surface area (Å²) in [5, 5.41) is 14.0. The van der Waals surface area contributed by atoms with Crippen LogP contribution >= 0.6 is 11.3 Å². The number of nitrogens with zero attached hydrogens (tertiary/aromatic N) is 1. The highest BCUT2D eigenvalue weighted by molar-refractivity contribution is 7.16. The van der Waals surface area contributed by atoms with Gasteiger partial charge in [0.25, 0.3) is 5.91 Å². The van der Waals surface area contributed by atoms with Crippen molar-refractivity contribution in [2.75, 3.05) is 0 Å². The van der Waals surface area contributed by atoms with Crippen molar-refractivity contribution in [3.05, 3.63) is 76.8 Å². The molecule has 5 heteroatoms. The first kappa shape index (κ1) is 15.1. The average Bonchev–Trinajstić information content (AvgIpc) is 3.21. The molecular weight excluding hydrogens is 320 g/mol. The highest BCUT2D eigenvalue weighted by Crippen LogP contribution is 2.32. The lowest BCUT2D eigenvalue weighted by molar-refractivity contribution is 0.0862. The molecule has 4 nitrogen and oxygen atoms in total. The van der Waals surface area contributed by atoms with Gasteiger partial charge >= 0.3 is 0 Å². The topological polar surface area (TPSA) is 62.2 Å². The zero-order valence-corrected chi connectivity index (χ0v) is 13.7. The Morgan fingerprint density at radius 2 is 1.88 bits per heavy atom. The molecule has 0 saturated carbocycles. The third-order valence-corrected chi connectivity index (χ3v) is 5.29. The molecule has 0 aliphatic heterocycles. The summed E-state index contributed by atoms with van der Waals surface area (Å²) in [6, 6.07) is 17.2. The van der Waals surface area contributed by atoms with Gasteiger partial charge in [-0.05, 0) is 11.1 Å². The van der Waals surface area contributed by atoms with E-state index in [1.54, 1.807) is 6.20 Å². The Kier molecular flexibility index (Phi) is 3.88. The van der Waals surface area contributed by atoms with E-state index in [1.165, 1.54) is 11.3 Å². The van der Waals surface area contributed by atoms with Gasteiger partial charge in [-0.2, -0.15) is 0 Å². The molecule has 4 rings (SSSR count). The molecule has 1 aliphatic rings. The maximum atomic E-state index is 12.5. The Hall–Kier alpha value is -2.50. The van der Waals surface area contributed by atoms with E-state index in [-0.39, 0.29) is 11.9 Å². The predicted molar refractivity (Wildman–Crippen MR) is 93.9 cm³/mol. The Morgan fingerprint density at radius 3 is 2.71 bits per heavy atom. The van der Waals surface area contributed by atoms with E-state index >= 15 is 0 Å². The van der Waals surface area contributed by atoms with Crippen LogP contribution in [0.4, 0.5) is 0 Å². The zero-order chi connectivity index (χ0) is 16.5. The third-order valence-electron chi connectivity index (χ3n) is 4.24. The number of hydrogen-bond acceptors (Lipinski definition) is 4. The number of thiazole rings is 1. The number of aliphatic hydroxyl groups excluding tert-OH is 1. The third kappa shape index (κ3) is 2.72. The molecule has 1 amide bonds. The van der Waals surface area contributed by atoms with E-state index in [0.717, 1.165) is 21.7 Å². The molecule has 1 heterocycles. The van der Waals surface area contributed by atoms with Gasteiger partial charge in [0.15, 0.2) is 0 Å². The number of amides is 1. The van der Waals surface area contributed by atoms with Gasteiger partial charge in [0.05, 0.1) is 18.3 Å². The number of carbonyl (C=O) groups excluding carboxylic acids is 1. The quantitative estimate of drug-likeness (QED) is 0.772. The molecule has 1 aromatic heterocycles. The summed E-state index contributed by atoms with van der Waals surface area (Å²) in [6.45, 7) is 0. The summed E-state index contributed by atoms with van der Waals surface area (Å²) in [5.74, 6) is -0.199. The fourth-order valence-electron chi connectivity index (χ4n) is 3.05. The van der Waals surface area contributed by atoms with Crippen molar-refractivity contribution >= 4 is 17.2 Å². The number of aromatic nitrogens is 1. The van der Waals surface area contributed by atoms with E-state index in [4.69, 9.17) is 0 Å². The lowest BCUT2D eigenvalue weighted by Gasteiger charge is -2.17. The van der Waals surface area contributed by atoms with Gasteiger partial charge in [-0.1, -0.05) is 54.6 Å². The van der Waals surface area contributed by atoms with E-state index < -0.39 is 6.10 Å². The molecule has 0 radical (unpaired) electrons. The Bertz CT molecular complexity index is 876. The van der Waals surface area contributed by atoms with Crippen molar-refractivity contribution in [3.63, 3.8) is 0 Å². The predicted octanol–water partition coefficient (Wildman–Crippen LogP) is 3.20. The van der Waals surface area contributed by atoms with Crippen LogP contribution in [0.5, 0.6) is 0 Å². The maximum absolute atomic E-state index is 12.5. The second kappa shape index (κ2) is 6.19. The number of benzene rings is 2. The van der Waals surface area contributed by atoms with Crippen LogP contribution in [-0.4, -0.2) is 22.1 Å². The van der Waals surface area contributed by atoms with Crippen molar-refractivity contribution in [2.45, 2.75) is 18.6 Å². The fourth-order valence-corrected chi connectivity index (χ4v) is 3.88. The summed E-state index contributed by atoms with van der Waals surface area (Å²) in [4.78, 5) is 17.4. The molecule has 2 aromatic carbocycles. The van der Waals surface area contributed by atoms with Crippen molar-refractivity contribution in [1.29, 1.82) is 0 Å². The van der Waals surface area contributed by atoms with Crippen molar-refractivity contribution in [2.24, 2.45) is 0 Å². The van der Waals surface area contributed by atoms with Gasteiger partial charge in [0.2, 0.25) is 0 Å². The summed E-state index contributed by atoms with van der Waals surface area (Å²) in [7, 11) is 0. The number of carbonyl (C=O) groups is 1. The normalized spacial score (nSPS) is 19.0. The number of fused-ring (bicyclic) bond motifs is 1. The number of hydrogen-bond donors (Lipinski definition) is 2. The highest BCUT2D eigenvalue weighted by Gasteiger charge is 2.32. The van der Waals surface area contributed by atoms with E-state index in [2.05, 4.69) is 10.3 Å². The van der Waals surface area contributed by atoms with Crippen LogP contribution in [0.15, 0.2) is 60.8 Å². The molecule has 1 aliphatic carbocycles. The first-order valence-electron chi connectivity index (χ1n) is 7.80. The second-order valence-corrected chi connectivity index (χ2v) is 6.85. The van der Waals surface area contributed by atoms with Crippen molar-refractivity contribution in [1.82, 2.24) is 10.3 Å². The molecule has 2 N–H and O–H groups in total. The maximum Gasteiger partial charge on any atom is 0.263 e. The molecule has 0 saturated heterocycles. The summed E-state index contributed by atoms with van der Waals surface area (Å²) < 4.78 is 0. The smallest absolute Gasteiger partial charge is 0.263 e. The minimum Gasteiger partial charge on any atom is -0.390 e. The van der Waals surface area contributed by atoms with Crippen molar-refractivity contribution < 1.29 is 9.90 Å². The monoisotopic (exact) mass is 336 g/mol. The zero-order valence-electron chi connectivity index (χ0n) is 12.8. The first-order valence-corrected chi connectivity index (χ1v) is 8.62. The van der Waals surface area contributed by atoms with Gasteiger partial charge in [0, 0.05) is 12.0 Å². The van der Waals surface area contributed by atoms with Crippen LogP contribution in [0, 0.1) is 0 Å². The van der Waals surface area contributed by atoms with Gasteiger partial charge in [0.1, 0.15) is 9.88 Å². The van der Waals surface area contributed by atoms with Crippen LogP contribution in [0.2, 0.25) is 0 Å². The van der Waals surface area contributed by atoms with Crippen LogP contribution in [0.1, 0.15) is 26.8 Å². The Labute approximate surface area is 143 Å². The summed E-state index contributed by atoms with van der Waals surface area (Å²) >= 11 is 1.36. The summed E-state index contributed by atoms with van der Waals surface area (Å²) in [6.07, 6.45) is 1.57. The Morgan fingerprint density at radius 1 is 1.12 bits per heavy atom.